The van der Waals surface area contributed by atoms with Crippen molar-refractivity contribution in [2.75, 3.05) is 7.11 Å². The van der Waals surface area contributed by atoms with E-state index in [1.54, 1.807) is 0 Å². The second-order valence-corrected chi connectivity index (χ2v) is 19.9. The van der Waals surface area contributed by atoms with E-state index in [4.69, 9.17) is 9.47 Å². The minimum absolute atomic E-state index is 0.138. The summed E-state index contributed by atoms with van der Waals surface area (Å²) in [5.74, 6) is -0.138. The average Bonchev–Trinajstić information content (AvgIpc) is 3.27. The van der Waals surface area contributed by atoms with Gasteiger partial charge in [0.15, 0.2) is 0 Å². The number of rotatable bonds is 11. The van der Waals surface area contributed by atoms with Crippen LogP contribution in [-0.4, -0.2) is 41.7 Å². The SMILES string of the molecule is CCC[CH2][Sn]([CH2]CCC)([CH2]CCC)[C@@H]1O[C@H]1C(=O)OC. The molecular formula is C16H32O3Sn. The van der Waals surface area contributed by atoms with E-state index in [9.17, 15) is 4.79 Å². The first-order valence-electron chi connectivity index (χ1n) is 8.38. The number of hydrogen-bond acceptors (Lipinski definition) is 3. The summed E-state index contributed by atoms with van der Waals surface area (Å²) in [6.45, 7) is 6.80. The number of epoxide rings is 1. The number of esters is 1. The Morgan fingerprint density at radius 2 is 1.45 bits per heavy atom. The molecule has 1 aliphatic rings. The summed E-state index contributed by atoms with van der Waals surface area (Å²) < 4.78 is 15.2. The van der Waals surface area contributed by atoms with Crippen LogP contribution in [0, 0.1) is 0 Å². The number of unbranched alkanes of at least 4 members (excludes halogenated alkanes) is 3. The average molecular weight is 391 g/mol. The van der Waals surface area contributed by atoms with E-state index in [0.717, 1.165) is 0 Å². The molecule has 0 amide bonds. The molecule has 118 valence electrons. The fraction of sp³-hybridized carbons (Fsp3) is 0.938. The summed E-state index contributed by atoms with van der Waals surface area (Å²) >= 11 is -2.35. The predicted molar refractivity (Wildman–Crippen MR) is 85.6 cm³/mol. The Morgan fingerprint density at radius 3 is 1.80 bits per heavy atom. The van der Waals surface area contributed by atoms with Gasteiger partial charge in [0.05, 0.1) is 0 Å². The molecule has 3 nitrogen and oxygen atoms in total. The van der Waals surface area contributed by atoms with Crippen LogP contribution in [0.1, 0.15) is 59.3 Å². The molecule has 2 atom stereocenters. The summed E-state index contributed by atoms with van der Waals surface area (Å²) in [6, 6.07) is 0. The molecule has 0 aromatic heterocycles. The van der Waals surface area contributed by atoms with Crippen LogP contribution in [0.3, 0.4) is 0 Å². The van der Waals surface area contributed by atoms with Crippen LogP contribution in [0.25, 0.3) is 0 Å². The van der Waals surface area contributed by atoms with Gasteiger partial charge in [0.1, 0.15) is 0 Å². The van der Waals surface area contributed by atoms with E-state index in [1.165, 1.54) is 58.9 Å². The Labute approximate surface area is 128 Å². The standard InChI is InChI=1S/C4H5O3.3C4H9.Sn/c1-6-4(5)3-2-7-3;3*1-3-4-2;/h2-3H,1H3;3*1,3-4H2,2H3;/t3-;;;;/m1..../s1. The van der Waals surface area contributed by atoms with E-state index in [0.29, 0.717) is 4.12 Å². The van der Waals surface area contributed by atoms with Crippen LogP contribution >= 0.6 is 0 Å². The first-order chi connectivity index (χ1) is 9.65. The Kier molecular flexibility index (Phi) is 8.49. The van der Waals surface area contributed by atoms with Crippen LogP contribution in [0.15, 0.2) is 0 Å². The van der Waals surface area contributed by atoms with E-state index < -0.39 is 18.4 Å². The Hall–Kier alpha value is 0.229. The van der Waals surface area contributed by atoms with Crippen molar-refractivity contribution < 1.29 is 14.3 Å². The van der Waals surface area contributed by atoms with Gasteiger partial charge in [-0.15, -0.1) is 0 Å². The molecule has 0 aromatic rings. The molecular weight excluding hydrogens is 359 g/mol. The first kappa shape index (κ1) is 18.3. The van der Waals surface area contributed by atoms with Crippen LogP contribution < -0.4 is 0 Å². The number of ether oxygens (including phenoxy) is 2. The van der Waals surface area contributed by atoms with Gasteiger partial charge in [0.2, 0.25) is 0 Å². The monoisotopic (exact) mass is 392 g/mol. The van der Waals surface area contributed by atoms with E-state index in [-0.39, 0.29) is 12.1 Å². The van der Waals surface area contributed by atoms with Crippen molar-refractivity contribution in [2.45, 2.75) is 82.8 Å². The van der Waals surface area contributed by atoms with Crippen LogP contribution in [0.5, 0.6) is 0 Å². The number of carbonyl (C=O) groups is 1. The molecule has 0 aliphatic carbocycles. The van der Waals surface area contributed by atoms with E-state index in [1.807, 2.05) is 0 Å². The second kappa shape index (κ2) is 9.29. The third kappa shape index (κ3) is 4.90. The predicted octanol–water partition coefficient (Wildman–Crippen LogP) is 4.32. The zero-order chi connectivity index (χ0) is 15.0. The third-order valence-corrected chi connectivity index (χ3v) is 20.9. The van der Waals surface area contributed by atoms with Gasteiger partial charge in [-0.1, -0.05) is 0 Å². The van der Waals surface area contributed by atoms with Crippen LogP contribution in [-0.2, 0) is 14.3 Å². The topological polar surface area (TPSA) is 38.8 Å². The third-order valence-electron chi connectivity index (χ3n) is 4.61. The maximum absolute atomic E-state index is 11.7. The number of hydrogen-bond donors (Lipinski definition) is 0. The maximum atomic E-state index is 11.7. The van der Waals surface area contributed by atoms with Crippen molar-refractivity contribution in [3.05, 3.63) is 0 Å². The minimum atomic E-state index is -2.35. The van der Waals surface area contributed by atoms with Gasteiger partial charge >= 0.3 is 129 Å². The van der Waals surface area contributed by atoms with Crippen molar-refractivity contribution in [3.63, 3.8) is 0 Å². The van der Waals surface area contributed by atoms with Gasteiger partial charge in [0, 0.05) is 0 Å². The van der Waals surface area contributed by atoms with Crippen molar-refractivity contribution in [1.82, 2.24) is 0 Å². The number of methoxy groups -OCH3 is 1. The molecule has 0 radical (unpaired) electrons. The molecule has 4 heteroatoms. The van der Waals surface area contributed by atoms with Gasteiger partial charge in [-0.05, 0) is 0 Å². The zero-order valence-corrected chi connectivity index (χ0v) is 16.6. The molecule has 0 unspecified atom stereocenters. The Bertz CT molecular complexity index is 272. The summed E-state index contributed by atoms with van der Waals surface area (Å²) in [5.41, 5.74) is 0. The molecule has 1 heterocycles. The molecule has 20 heavy (non-hydrogen) atoms. The molecule has 0 aromatic carbocycles. The fourth-order valence-electron chi connectivity index (χ4n) is 3.26. The molecule has 0 spiro atoms. The second-order valence-electron chi connectivity index (χ2n) is 6.17. The van der Waals surface area contributed by atoms with Crippen LogP contribution in [0.4, 0.5) is 0 Å². The fourth-order valence-corrected chi connectivity index (χ4v) is 20.4. The van der Waals surface area contributed by atoms with Crippen molar-refractivity contribution in [2.24, 2.45) is 0 Å². The summed E-state index contributed by atoms with van der Waals surface area (Å²) in [7, 11) is 1.47. The quantitative estimate of drug-likeness (QED) is 0.299. The molecule has 0 saturated carbocycles. The van der Waals surface area contributed by atoms with Crippen molar-refractivity contribution in [3.8, 4) is 0 Å². The van der Waals surface area contributed by atoms with Gasteiger partial charge in [-0.3, -0.25) is 0 Å². The van der Waals surface area contributed by atoms with Crippen molar-refractivity contribution >= 4 is 24.3 Å². The van der Waals surface area contributed by atoms with Crippen molar-refractivity contribution in [1.29, 1.82) is 0 Å². The summed E-state index contributed by atoms with van der Waals surface area (Å²) in [6.07, 6.45) is 7.51. The molecule has 0 N–H and O–H groups in total. The Balaban J connectivity index is 2.76. The molecule has 0 bridgehead atoms. The van der Waals surface area contributed by atoms with Gasteiger partial charge in [0.25, 0.3) is 0 Å². The molecule has 1 rings (SSSR count). The summed E-state index contributed by atoms with van der Waals surface area (Å²) in [5, 5.41) is 0. The molecule has 1 fully saturated rings. The Morgan fingerprint density at radius 1 is 1.00 bits per heavy atom. The number of carbonyl (C=O) groups excluding carboxylic acids is 1. The van der Waals surface area contributed by atoms with Gasteiger partial charge in [-0.2, -0.15) is 0 Å². The normalized spacial score (nSPS) is 21.8. The van der Waals surface area contributed by atoms with Gasteiger partial charge < -0.3 is 0 Å². The molecule has 1 saturated heterocycles. The molecule has 1 aliphatic heterocycles. The zero-order valence-electron chi connectivity index (χ0n) is 13.7. The first-order valence-corrected chi connectivity index (χ1v) is 16.1. The van der Waals surface area contributed by atoms with Crippen LogP contribution in [0.2, 0.25) is 13.3 Å². The van der Waals surface area contributed by atoms with E-state index in [2.05, 4.69) is 20.8 Å². The van der Waals surface area contributed by atoms with Gasteiger partial charge in [-0.25, -0.2) is 0 Å². The van der Waals surface area contributed by atoms with E-state index >= 15 is 0 Å². The summed E-state index contributed by atoms with van der Waals surface area (Å²) in [4.78, 5) is 11.7.